The smallest absolute Gasteiger partial charge is 0.321 e. The average Bonchev–Trinajstić information content (AvgIpc) is 2.41. The molecule has 0 fully saturated rings. The number of methoxy groups -OCH3 is 1. The van der Waals surface area contributed by atoms with E-state index in [4.69, 9.17) is 0 Å². The van der Waals surface area contributed by atoms with Gasteiger partial charge in [0.05, 0.1) is 13.0 Å². The highest BCUT2D eigenvalue weighted by Crippen LogP contribution is 2.25. The molecular formula is C15H21BrN2O3. The zero-order chi connectivity index (χ0) is 16.2. The molecule has 1 atom stereocenters. The fourth-order valence-electron chi connectivity index (χ4n) is 2.08. The number of hydrogen-bond donors (Lipinski definition) is 1. The number of nitrogens with zero attached hydrogens (tertiary/aromatic N) is 1. The number of carbonyl (C=O) groups excluding carboxylic acids is 2. The van der Waals surface area contributed by atoms with Crippen LogP contribution in [0.25, 0.3) is 0 Å². The molecule has 0 heterocycles. The van der Waals surface area contributed by atoms with Crippen molar-refractivity contribution in [2.75, 3.05) is 26.0 Å². The monoisotopic (exact) mass is 356 g/mol. The Morgan fingerprint density at radius 2 is 1.86 bits per heavy atom. The molecule has 1 aromatic carbocycles. The number of urea groups is 1. The topological polar surface area (TPSA) is 58.6 Å². The average molecular weight is 357 g/mol. The summed E-state index contributed by atoms with van der Waals surface area (Å²) in [4.78, 5) is 25.1. The number of hydrogen-bond acceptors (Lipinski definition) is 3. The highest BCUT2D eigenvalue weighted by molar-refractivity contribution is 9.10. The van der Waals surface area contributed by atoms with Gasteiger partial charge in [0.2, 0.25) is 0 Å². The Labute approximate surface area is 133 Å². The van der Waals surface area contributed by atoms with Gasteiger partial charge in [-0.1, -0.05) is 22.9 Å². The van der Waals surface area contributed by atoms with E-state index in [9.17, 15) is 9.59 Å². The van der Waals surface area contributed by atoms with Crippen LogP contribution < -0.4 is 5.32 Å². The van der Waals surface area contributed by atoms with E-state index >= 15 is 0 Å². The summed E-state index contributed by atoms with van der Waals surface area (Å²) in [6.45, 7) is 5.90. The Balaban J connectivity index is 2.75. The van der Waals surface area contributed by atoms with Gasteiger partial charge in [-0.3, -0.25) is 4.79 Å². The summed E-state index contributed by atoms with van der Waals surface area (Å²) in [6.07, 6.45) is 0. The van der Waals surface area contributed by atoms with E-state index in [-0.39, 0.29) is 17.9 Å². The predicted molar refractivity (Wildman–Crippen MR) is 86.4 cm³/mol. The number of rotatable bonds is 4. The second-order valence-corrected chi connectivity index (χ2v) is 6.07. The summed E-state index contributed by atoms with van der Waals surface area (Å²) in [5.41, 5.74) is 2.75. The van der Waals surface area contributed by atoms with Crippen molar-refractivity contribution in [3.63, 3.8) is 0 Å². The molecule has 1 rings (SSSR count). The third-order valence-electron chi connectivity index (χ3n) is 3.23. The van der Waals surface area contributed by atoms with E-state index in [1.54, 1.807) is 14.0 Å². The second-order valence-electron chi connectivity index (χ2n) is 5.15. The lowest BCUT2D eigenvalue weighted by atomic mass is 10.1. The number of carbonyl (C=O) groups is 2. The number of benzene rings is 1. The molecule has 0 radical (unpaired) electrons. The summed E-state index contributed by atoms with van der Waals surface area (Å²) in [5.74, 6) is -0.691. The second kappa shape index (κ2) is 7.45. The van der Waals surface area contributed by atoms with Gasteiger partial charge in [0.25, 0.3) is 0 Å². The van der Waals surface area contributed by atoms with E-state index in [0.717, 1.165) is 21.3 Å². The summed E-state index contributed by atoms with van der Waals surface area (Å²) in [5, 5.41) is 2.88. The van der Waals surface area contributed by atoms with E-state index in [1.165, 1.54) is 12.0 Å². The molecule has 0 saturated carbocycles. The Hall–Kier alpha value is -1.56. The van der Waals surface area contributed by atoms with Gasteiger partial charge >= 0.3 is 12.0 Å². The lowest BCUT2D eigenvalue weighted by Gasteiger charge is -2.22. The van der Waals surface area contributed by atoms with Crippen LogP contribution in [0.3, 0.4) is 0 Å². The number of anilines is 1. The zero-order valence-corrected chi connectivity index (χ0v) is 14.6. The van der Waals surface area contributed by atoms with Crippen molar-refractivity contribution in [1.29, 1.82) is 0 Å². The number of halogens is 1. The normalized spacial score (nSPS) is 11.7. The molecule has 21 heavy (non-hydrogen) atoms. The van der Waals surface area contributed by atoms with E-state index in [1.807, 2.05) is 26.0 Å². The summed E-state index contributed by atoms with van der Waals surface area (Å²) < 4.78 is 5.63. The summed E-state index contributed by atoms with van der Waals surface area (Å²) in [6, 6.07) is 3.64. The van der Waals surface area contributed by atoms with E-state index < -0.39 is 0 Å². The molecule has 0 saturated heterocycles. The first-order valence-corrected chi connectivity index (χ1v) is 7.42. The number of amides is 2. The minimum absolute atomic E-state index is 0.251. The largest absolute Gasteiger partial charge is 0.469 e. The highest BCUT2D eigenvalue weighted by atomic mass is 79.9. The summed E-state index contributed by atoms with van der Waals surface area (Å²) >= 11 is 3.42. The van der Waals surface area contributed by atoms with Crippen LogP contribution in [0.1, 0.15) is 18.1 Å². The molecule has 1 N–H and O–H groups in total. The molecular weight excluding hydrogens is 336 g/mol. The van der Waals surface area contributed by atoms with Crippen molar-refractivity contribution in [3.05, 3.63) is 27.7 Å². The molecule has 0 bridgehead atoms. The van der Waals surface area contributed by atoms with Crippen LogP contribution in [0.2, 0.25) is 0 Å². The summed E-state index contributed by atoms with van der Waals surface area (Å²) in [7, 11) is 2.99. The molecule has 6 heteroatoms. The Morgan fingerprint density at radius 3 is 2.33 bits per heavy atom. The lowest BCUT2D eigenvalue weighted by molar-refractivity contribution is -0.145. The number of aryl methyl sites for hydroxylation is 2. The van der Waals surface area contributed by atoms with Gasteiger partial charge in [-0.05, 0) is 37.1 Å². The van der Waals surface area contributed by atoms with Gasteiger partial charge in [-0.25, -0.2) is 4.79 Å². The van der Waals surface area contributed by atoms with Gasteiger partial charge < -0.3 is 15.0 Å². The molecule has 5 nitrogen and oxygen atoms in total. The first-order chi connectivity index (χ1) is 9.76. The zero-order valence-electron chi connectivity index (χ0n) is 13.0. The Kier molecular flexibility index (Phi) is 6.20. The van der Waals surface area contributed by atoms with Crippen LogP contribution in [0.4, 0.5) is 10.5 Å². The maximum absolute atomic E-state index is 12.2. The van der Waals surface area contributed by atoms with Crippen LogP contribution in [0.15, 0.2) is 16.6 Å². The molecule has 116 valence electrons. The maximum atomic E-state index is 12.2. The van der Waals surface area contributed by atoms with Crippen molar-refractivity contribution in [1.82, 2.24) is 4.90 Å². The SMILES string of the molecule is COC(=O)C(C)CN(C)C(=O)Nc1c(C)cc(Br)cc1C. The Morgan fingerprint density at radius 1 is 1.33 bits per heavy atom. The fourth-order valence-corrected chi connectivity index (χ4v) is 2.77. The van der Waals surface area contributed by atoms with Crippen molar-refractivity contribution >= 4 is 33.6 Å². The first-order valence-electron chi connectivity index (χ1n) is 6.63. The molecule has 1 unspecified atom stereocenters. The van der Waals surface area contributed by atoms with Crippen LogP contribution in [-0.2, 0) is 9.53 Å². The number of esters is 1. The predicted octanol–water partition coefficient (Wildman–Crippen LogP) is 3.34. The molecule has 0 aliphatic heterocycles. The minimum atomic E-state index is -0.363. The fraction of sp³-hybridized carbons (Fsp3) is 0.467. The highest BCUT2D eigenvalue weighted by Gasteiger charge is 2.19. The molecule has 0 aromatic heterocycles. The lowest BCUT2D eigenvalue weighted by Crippen LogP contribution is -2.37. The third kappa shape index (κ3) is 4.74. The van der Waals surface area contributed by atoms with Gasteiger partial charge in [-0.15, -0.1) is 0 Å². The van der Waals surface area contributed by atoms with Crippen molar-refractivity contribution in [3.8, 4) is 0 Å². The Bertz CT molecular complexity index is 523. The van der Waals surface area contributed by atoms with Gasteiger partial charge in [0.15, 0.2) is 0 Å². The first kappa shape index (κ1) is 17.5. The molecule has 0 spiro atoms. The maximum Gasteiger partial charge on any atom is 0.321 e. The van der Waals surface area contributed by atoms with E-state index in [0.29, 0.717) is 6.54 Å². The minimum Gasteiger partial charge on any atom is -0.469 e. The van der Waals surface area contributed by atoms with Crippen LogP contribution in [0.5, 0.6) is 0 Å². The molecule has 0 aliphatic rings. The van der Waals surface area contributed by atoms with Crippen molar-refractivity contribution in [2.45, 2.75) is 20.8 Å². The van der Waals surface area contributed by atoms with Gasteiger partial charge in [0.1, 0.15) is 0 Å². The van der Waals surface area contributed by atoms with E-state index in [2.05, 4.69) is 26.0 Å². The van der Waals surface area contributed by atoms with Crippen molar-refractivity contribution in [2.24, 2.45) is 5.92 Å². The van der Waals surface area contributed by atoms with Crippen LogP contribution >= 0.6 is 15.9 Å². The number of nitrogens with one attached hydrogen (secondary N) is 1. The standard InChI is InChI=1S/C15H21BrN2O3/c1-9-6-12(16)7-10(2)13(9)17-15(20)18(4)8-11(3)14(19)21-5/h6-7,11H,8H2,1-5H3,(H,17,20). The number of ether oxygens (including phenoxy) is 1. The third-order valence-corrected chi connectivity index (χ3v) is 3.69. The molecule has 2 amide bonds. The van der Waals surface area contributed by atoms with Gasteiger partial charge in [0, 0.05) is 23.8 Å². The van der Waals surface area contributed by atoms with Gasteiger partial charge in [-0.2, -0.15) is 0 Å². The molecule has 0 aliphatic carbocycles. The van der Waals surface area contributed by atoms with Crippen LogP contribution in [-0.4, -0.2) is 37.6 Å². The van der Waals surface area contributed by atoms with Crippen molar-refractivity contribution < 1.29 is 14.3 Å². The van der Waals surface area contributed by atoms with Crippen LogP contribution in [0, 0.1) is 19.8 Å². The molecule has 1 aromatic rings. The quantitative estimate of drug-likeness (QED) is 0.841.